The largest absolute Gasteiger partial charge is 0.373 e. The third kappa shape index (κ3) is 3.85. The molecule has 1 aromatic carbocycles. The van der Waals surface area contributed by atoms with Crippen LogP contribution in [0, 0.1) is 0 Å². The fourth-order valence-electron chi connectivity index (χ4n) is 3.13. The van der Waals surface area contributed by atoms with Crippen LogP contribution in [0.1, 0.15) is 31.7 Å². The first-order valence-electron chi connectivity index (χ1n) is 8.18. The number of carbonyl (C=O) groups is 1. The Morgan fingerprint density at radius 2 is 1.95 bits per heavy atom. The number of hydrogen-bond acceptors (Lipinski definition) is 4. The van der Waals surface area contributed by atoms with Gasteiger partial charge in [0.15, 0.2) is 0 Å². The number of hydrogen-bond donors (Lipinski definition) is 2. The minimum Gasteiger partial charge on any atom is -0.373 e. The van der Waals surface area contributed by atoms with E-state index in [9.17, 15) is 4.79 Å². The lowest BCUT2D eigenvalue weighted by atomic mass is 10.0. The second kappa shape index (κ2) is 7.22. The maximum Gasteiger partial charge on any atom is 0.241 e. The number of carbonyl (C=O) groups excluding carboxylic acids is 1. The summed E-state index contributed by atoms with van der Waals surface area (Å²) in [5.41, 5.74) is 7.41. The summed E-state index contributed by atoms with van der Waals surface area (Å²) in [4.78, 5) is 14.4. The van der Waals surface area contributed by atoms with Crippen LogP contribution in [0.5, 0.6) is 0 Å². The zero-order chi connectivity index (χ0) is 15.4. The van der Waals surface area contributed by atoms with Gasteiger partial charge in [-0.1, -0.05) is 30.3 Å². The van der Waals surface area contributed by atoms with Gasteiger partial charge in [-0.15, -0.1) is 0 Å². The van der Waals surface area contributed by atoms with E-state index in [2.05, 4.69) is 29.9 Å². The molecule has 0 aliphatic carbocycles. The molecule has 0 bridgehead atoms. The molecule has 120 valence electrons. The van der Waals surface area contributed by atoms with Crippen molar-refractivity contribution < 1.29 is 9.53 Å². The van der Waals surface area contributed by atoms with E-state index in [0.29, 0.717) is 12.6 Å². The SMILES string of the molecule is CC1CC(C(=O)N2CCC(OCc3ccccc3)CC2)NN1. The van der Waals surface area contributed by atoms with Crippen molar-refractivity contribution in [3.05, 3.63) is 35.9 Å². The predicted octanol–water partition coefficient (Wildman–Crippen LogP) is 1.45. The number of ether oxygens (including phenoxy) is 1. The molecular formula is C17H25N3O2. The van der Waals surface area contributed by atoms with Crippen LogP contribution in [0.25, 0.3) is 0 Å². The lowest BCUT2D eigenvalue weighted by Gasteiger charge is -2.33. The fraction of sp³-hybridized carbons (Fsp3) is 0.588. The van der Waals surface area contributed by atoms with Gasteiger partial charge in [0.1, 0.15) is 6.04 Å². The Balaban J connectivity index is 1.41. The summed E-state index contributed by atoms with van der Waals surface area (Å²) < 4.78 is 5.97. The average molecular weight is 303 g/mol. The van der Waals surface area contributed by atoms with Gasteiger partial charge in [0, 0.05) is 19.1 Å². The third-order valence-corrected chi connectivity index (χ3v) is 4.47. The van der Waals surface area contributed by atoms with Crippen molar-refractivity contribution >= 4 is 5.91 Å². The lowest BCUT2D eigenvalue weighted by Crippen LogP contribution is -2.49. The highest BCUT2D eigenvalue weighted by Gasteiger charge is 2.32. The second-order valence-electron chi connectivity index (χ2n) is 6.30. The molecule has 2 aliphatic heterocycles. The summed E-state index contributed by atoms with van der Waals surface area (Å²) in [6, 6.07) is 10.5. The molecule has 0 spiro atoms. The first kappa shape index (κ1) is 15.5. The molecule has 2 heterocycles. The molecule has 2 fully saturated rings. The van der Waals surface area contributed by atoms with Crippen LogP contribution in [0.2, 0.25) is 0 Å². The lowest BCUT2D eigenvalue weighted by molar-refractivity contribution is -0.136. The maximum absolute atomic E-state index is 12.4. The molecule has 2 N–H and O–H groups in total. The molecule has 2 saturated heterocycles. The van der Waals surface area contributed by atoms with E-state index in [4.69, 9.17) is 4.74 Å². The van der Waals surface area contributed by atoms with E-state index in [0.717, 1.165) is 32.4 Å². The summed E-state index contributed by atoms with van der Waals surface area (Å²) in [6.07, 6.45) is 2.98. The van der Waals surface area contributed by atoms with Crippen LogP contribution < -0.4 is 10.9 Å². The minimum atomic E-state index is -0.0724. The Morgan fingerprint density at radius 3 is 2.59 bits per heavy atom. The third-order valence-electron chi connectivity index (χ3n) is 4.47. The zero-order valence-corrected chi connectivity index (χ0v) is 13.1. The van der Waals surface area contributed by atoms with E-state index >= 15 is 0 Å². The van der Waals surface area contributed by atoms with Crippen molar-refractivity contribution in [2.45, 2.75) is 51.0 Å². The van der Waals surface area contributed by atoms with Gasteiger partial charge in [0.25, 0.3) is 0 Å². The van der Waals surface area contributed by atoms with Crippen molar-refractivity contribution in [1.29, 1.82) is 0 Å². The number of nitrogens with one attached hydrogen (secondary N) is 2. The van der Waals surface area contributed by atoms with E-state index in [1.807, 2.05) is 23.1 Å². The topological polar surface area (TPSA) is 53.6 Å². The number of benzene rings is 1. The monoisotopic (exact) mass is 303 g/mol. The van der Waals surface area contributed by atoms with E-state index < -0.39 is 0 Å². The first-order chi connectivity index (χ1) is 10.7. The van der Waals surface area contributed by atoms with Crippen LogP contribution in [0.3, 0.4) is 0 Å². The van der Waals surface area contributed by atoms with Crippen molar-refractivity contribution in [2.24, 2.45) is 0 Å². The Labute approximate surface area is 132 Å². The number of hydrazine groups is 1. The molecule has 5 nitrogen and oxygen atoms in total. The van der Waals surface area contributed by atoms with E-state index in [1.54, 1.807) is 0 Å². The van der Waals surface area contributed by atoms with Crippen molar-refractivity contribution in [2.75, 3.05) is 13.1 Å². The molecule has 22 heavy (non-hydrogen) atoms. The van der Waals surface area contributed by atoms with Gasteiger partial charge in [-0.25, -0.2) is 5.43 Å². The molecule has 2 atom stereocenters. The van der Waals surface area contributed by atoms with Gasteiger partial charge in [-0.3, -0.25) is 10.2 Å². The quantitative estimate of drug-likeness (QED) is 0.884. The number of rotatable bonds is 4. The number of likely N-dealkylation sites (tertiary alicyclic amines) is 1. The van der Waals surface area contributed by atoms with Crippen LogP contribution >= 0.6 is 0 Å². The van der Waals surface area contributed by atoms with Crippen LogP contribution in [0.15, 0.2) is 30.3 Å². The Kier molecular flexibility index (Phi) is 5.08. The molecule has 2 aliphatic rings. The number of nitrogens with zero attached hydrogens (tertiary/aromatic N) is 1. The van der Waals surface area contributed by atoms with Crippen molar-refractivity contribution in [3.63, 3.8) is 0 Å². The first-order valence-corrected chi connectivity index (χ1v) is 8.18. The van der Waals surface area contributed by atoms with Gasteiger partial charge in [0.05, 0.1) is 12.7 Å². The minimum absolute atomic E-state index is 0.0724. The second-order valence-corrected chi connectivity index (χ2v) is 6.30. The summed E-state index contributed by atoms with van der Waals surface area (Å²) in [6.45, 7) is 4.34. The van der Waals surface area contributed by atoms with Crippen molar-refractivity contribution in [1.82, 2.24) is 15.8 Å². The van der Waals surface area contributed by atoms with E-state index in [1.165, 1.54) is 5.56 Å². The summed E-state index contributed by atoms with van der Waals surface area (Å²) >= 11 is 0. The smallest absolute Gasteiger partial charge is 0.241 e. The molecule has 1 amide bonds. The normalized spacial score (nSPS) is 26.3. The zero-order valence-electron chi connectivity index (χ0n) is 13.1. The standard InChI is InChI=1S/C17H25N3O2/c1-13-11-16(19-18-13)17(21)20-9-7-15(8-10-20)22-12-14-5-3-2-4-6-14/h2-6,13,15-16,18-19H,7-12H2,1H3. The molecule has 2 unspecified atom stereocenters. The van der Waals surface area contributed by atoms with Gasteiger partial charge in [-0.2, -0.15) is 0 Å². The fourth-order valence-corrected chi connectivity index (χ4v) is 3.13. The maximum atomic E-state index is 12.4. The van der Waals surface area contributed by atoms with Crippen LogP contribution in [-0.2, 0) is 16.1 Å². The molecule has 3 rings (SSSR count). The molecule has 5 heteroatoms. The highest BCUT2D eigenvalue weighted by atomic mass is 16.5. The Morgan fingerprint density at radius 1 is 1.23 bits per heavy atom. The highest BCUT2D eigenvalue weighted by molar-refractivity contribution is 5.82. The summed E-state index contributed by atoms with van der Waals surface area (Å²) in [5.74, 6) is 0.221. The molecule has 0 radical (unpaired) electrons. The summed E-state index contributed by atoms with van der Waals surface area (Å²) in [5, 5.41) is 0. The van der Waals surface area contributed by atoms with Gasteiger partial charge < -0.3 is 9.64 Å². The molecule has 1 aromatic rings. The highest BCUT2D eigenvalue weighted by Crippen LogP contribution is 2.18. The van der Waals surface area contributed by atoms with Gasteiger partial charge in [-0.05, 0) is 31.7 Å². The number of piperidine rings is 1. The Bertz CT molecular complexity index is 486. The Hall–Kier alpha value is -1.43. The molecule has 0 saturated carbocycles. The van der Waals surface area contributed by atoms with Crippen molar-refractivity contribution in [3.8, 4) is 0 Å². The number of amides is 1. The predicted molar refractivity (Wildman–Crippen MR) is 85.0 cm³/mol. The van der Waals surface area contributed by atoms with Gasteiger partial charge >= 0.3 is 0 Å². The average Bonchev–Trinajstić information content (AvgIpc) is 3.00. The van der Waals surface area contributed by atoms with Gasteiger partial charge in [0.2, 0.25) is 5.91 Å². The molecular weight excluding hydrogens is 278 g/mol. The molecule has 0 aromatic heterocycles. The summed E-state index contributed by atoms with van der Waals surface area (Å²) in [7, 11) is 0. The van der Waals surface area contributed by atoms with Crippen LogP contribution in [0.4, 0.5) is 0 Å². The van der Waals surface area contributed by atoms with Crippen LogP contribution in [-0.4, -0.2) is 42.1 Å². The van der Waals surface area contributed by atoms with E-state index in [-0.39, 0.29) is 18.1 Å².